The maximum absolute atomic E-state index is 11.8. The molecule has 0 aliphatic carbocycles. The van der Waals surface area contributed by atoms with Gasteiger partial charge in [0.1, 0.15) is 0 Å². The smallest absolute Gasteiger partial charge is 0.172 e. The Morgan fingerprint density at radius 1 is 1.36 bits per heavy atom. The monoisotopic (exact) mass is 207 g/mol. The average molecular weight is 207 g/mol. The van der Waals surface area contributed by atoms with Gasteiger partial charge in [0.25, 0.3) is 0 Å². The second-order valence-corrected chi connectivity index (χ2v) is 4.82. The fraction of sp³-hybridized carbons (Fsp3) is 0.364. The average Bonchev–Trinajstić information content (AvgIpc) is 2.72. The van der Waals surface area contributed by atoms with Crippen LogP contribution in [-0.4, -0.2) is 18.1 Å². The lowest BCUT2D eigenvalue weighted by Crippen LogP contribution is -2.28. The first-order valence-corrected chi connectivity index (χ1v) is 5.95. The molecule has 0 amide bonds. The Hall–Kier alpha value is -0.720. The molecule has 1 heterocycles. The molecule has 0 aromatic heterocycles. The molecule has 0 spiro atoms. The lowest BCUT2D eigenvalue weighted by Gasteiger charge is -2.08. The SMILES string of the molecule is O=C(Pc1ccccc1)[C@H]1CCCN1. The summed E-state index contributed by atoms with van der Waals surface area (Å²) in [5, 5.41) is 4.38. The zero-order chi connectivity index (χ0) is 9.80. The summed E-state index contributed by atoms with van der Waals surface area (Å²) in [4.78, 5) is 11.8. The fourth-order valence-electron chi connectivity index (χ4n) is 1.66. The summed E-state index contributed by atoms with van der Waals surface area (Å²) in [6.45, 7) is 0.996. The molecule has 1 aromatic rings. The minimum atomic E-state index is 0.119. The molecule has 1 aliphatic rings. The summed E-state index contributed by atoms with van der Waals surface area (Å²) < 4.78 is 0. The van der Waals surface area contributed by atoms with Crippen molar-refractivity contribution >= 4 is 19.4 Å². The van der Waals surface area contributed by atoms with E-state index in [4.69, 9.17) is 0 Å². The zero-order valence-corrected chi connectivity index (χ0v) is 8.99. The van der Waals surface area contributed by atoms with Gasteiger partial charge in [0.2, 0.25) is 0 Å². The number of carbonyl (C=O) groups excluding carboxylic acids is 1. The van der Waals surface area contributed by atoms with E-state index in [1.807, 2.05) is 30.3 Å². The molecular weight excluding hydrogens is 193 g/mol. The standard InChI is InChI=1S/C11H14NOP/c13-11(10-7-4-8-12-10)14-9-5-2-1-3-6-9/h1-3,5-6,10,12,14H,4,7-8H2/t10-/m1/s1. The molecule has 1 aromatic carbocycles. The van der Waals surface area contributed by atoms with Crippen molar-refractivity contribution in [3.8, 4) is 0 Å². The van der Waals surface area contributed by atoms with Crippen LogP contribution in [0, 0.1) is 0 Å². The minimum absolute atomic E-state index is 0.119. The predicted molar refractivity (Wildman–Crippen MR) is 60.4 cm³/mol. The molecule has 2 nitrogen and oxygen atoms in total. The first kappa shape index (κ1) is 9.82. The highest BCUT2D eigenvalue weighted by Gasteiger charge is 2.21. The van der Waals surface area contributed by atoms with Crippen molar-refractivity contribution in [1.82, 2.24) is 5.32 Å². The Bertz CT molecular complexity index is 306. The molecule has 3 heteroatoms. The first-order chi connectivity index (χ1) is 6.86. The summed E-state index contributed by atoms with van der Waals surface area (Å²) in [5.74, 6) is 0. The summed E-state index contributed by atoms with van der Waals surface area (Å²) in [5.41, 5.74) is 0.355. The third kappa shape index (κ3) is 2.40. The van der Waals surface area contributed by atoms with E-state index >= 15 is 0 Å². The van der Waals surface area contributed by atoms with Crippen LogP contribution in [0.15, 0.2) is 30.3 Å². The highest BCUT2D eigenvalue weighted by atomic mass is 31.1. The largest absolute Gasteiger partial charge is 0.307 e. The van der Waals surface area contributed by atoms with Crippen LogP contribution in [-0.2, 0) is 4.79 Å². The van der Waals surface area contributed by atoms with Gasteiger partial charge >= 0.3 is 0 Å². The van der Waals surface area contributed by atoms with Crippen molar-refractivity contribution in [3.05, 3.63) is 30.3 Å². The molecule has 1 unspecified atom stereocenters. The fourth-order valence-corrected chi connectivity index (χ4v) is 2.72. The van der Waals surface area contributed by atoms with Gasteiger partial charge in [0, 0.05) is 0 Å². The van der Waals surface area contributed by atoms with Crippen LogP contribution in [0.3, 0.4) is 0 Å². The summed E-state index contributed by atoms with van der Waals surface area (Å²) in [6, 6.07) is 10.1. The summed E-state index contributed by atoms with van der Waals surface area (Å²) >= 11 is 0. The lowest BCUT2D eigenvalue weighted by molar-refractivity contribution is -0.112. The summed E-state index contributed by atoms with van der Waals surface area (Å²) in [6.07, 6.45) is 2.15. The second kappa shape index (κ2) is 4.68. The molecule has 1 fully saturated rings. The molecule has 0 radical (unpaired) electrons. The van der Waals surface area contributed by atoms with Crippen molar-refractivity contribution < 1.29 is 4.79 Å². The number of nitrogens with one attached hydrogen (secondary N) is 1. The number of rotatable bonds is 3. The molecule has 1 aliphatic heterocycles. The normalized spacial score (nSPS) is 21.9. The first-order valence-electron chi connectivity index (χ1n) is 4.95. The molecule has 1 N–H and O–H groups in total. The van der Waals surface area contributed by atoms with Crippen molar-refractivity contribution in [2.45, 2.75) is 18.9 Å². The van der Waals surface area contributed by atoms with E-state index < -0.39 is 0 Å². The van der Waals surface area contributed by atoms with E-state index in [0.717, 1.165) is 24.7 Å². The van der Waals surface area contributed by atoms with Gasteiger partial charge in [-0.1, -0.05) is 30.3 Å². The lowest BCUT2D eigenvalue weighted by atomic mass is 10.2. The van der Waals surface area contributed by atoms with E-state index in [1.165, 1.54) is 0 Å². The van der Waals surface area contributed by atoms with Crippen LogP contribution >= 0.6 is 8.58 Å². The topological polar surface area (TPSA) is 29.1 Å². The number of hydrogen-bond acceptors (Lipinski definition) is 2. The molecule has 2 atom stereocenters. The molecule has 2 rings (SSSR count). The molecule has 74 valence electrons. The van der Waals surface area contributed by atoms with E-state index in [1.54, 1.807) is 0 Å². The maximum Gasteiger partial charge on any atom is 0.172 e. The van der Waals surface area contributed by atoms with Crippen LogP contribution < -0.4 is 10.6 Å². The van der Waals surface area contributed by atoms with Gasteiger partial charge in [0.05, 0.1) is 6.04 Å². The Labute approximate surface area is 85.9 Å². The van der Waals surface area contributed by atoms with Crippen LogP contribution in [0.4, 0.5) is 0 Å². The van der Waals surface area contributed by atoms with Crippen molar-refractivity contribution in [3.63, 3.8) is 0 Å². The number of carbonyl (C=O) groups is 1. The second-order valence-electron chi connectivity index (χ2n) is 3.50. The Balaban J connectivity index is 1.94. The molecule has 14 heavy (non-hydrogen) atoms. The van der Waals surface area contributed by atoms with Gasteiger partial charge < -0.3 is 5.32 Å². The van der Waals surface area contributed by atoms with Crippen LogP contribution in [0.1, 0.15) is 12.8 Å². The van der Waals surface area contributed by atoms with Gasteiger partial charge in [0.15, 0.2) is 5.52 Å². The maximum atomic E-state index is 11.8. The third-order valence-electron chi connectivity index (χ3n) is 2.42. The Kier molecular flexibility index (Phi) is 3.28. The van der Waals surface area contributed by atoms with Crippen molar-refractivity contribution in [2.75, 3.05) is 6.54 Å². The van der Waals surface area contributed by atoms with Gasteiger partial charge in [-0.25, -0.2) is 0 Å². The Morgan fingerprint density at radius 2 is 2.14 bits per heavy atom. The van der Waals surface area contributed by atoms with E-state index in [0.29, 0.717) is 14.1 Å². The Morgan fingerprint density at radius 3 is 2.79 bits per heavy atom. The third-order valence-corrected chi connectivity index (χ3v) is 3.63. The highest BCUT2D eigenvalue weighted by molar-refractivity contribution is 7.65. The molecule has 0 saturated carbocycles. The van der Waals surface area contributed by atoms with Crippen molar-refractivity contribution in [2.24, 2.45) is 0 Å². The minimum Gasteiger partial charge on any atom is -0.307 e. The van der Waals surface area contributed by atoms with Crippen LogP contribution in [0.5, 0.6) is 0 Å². The molecule has 1 saturated heterocycles. The van der Waals surface area contributed by atoms with Crippen molar-refractivity contribution in [1.29, 1.82) is 0 Å². The van der Waals surface area contributed by atoms with E-state index in [9.17, 15) is 4.79 Å². The van der Waals surface area contributed by atoms with Crippen LogP contribution in [0.2, 0.25) is 0 Å². The van der Waals surface area contributed by atoms with Gasteiger partial charge in [-0.3, -0.25) is 4.79 Å². The number of hydrogen-bond donors (Lipinski definition) is 1. The van der Waals surface area contributed by atoms with Gasteiger partial charge in [-0.05, 0) is 33.3 Å². The highest BCUT2D eigenvalue weighted by Crippen LogP contribution is 2.18. The van der Waals surface area contributed by atoms with Gasteiger partial charge in [-0.15, -0.1) is 0 Å². The predicted octanol–water partition coefficient (Wildman–Crippen LogP) is 1.27. The molecule has 0 bridgehead atoms. The summed E-state index contributed by atoms with van der Waals surface area (Å²) in [7, 11) is 0.311. The number of benzene rings is 1. The van der Waals surface area contributed by atoms with Gasteiger partial charge in [-0.2, -0.15) is 0 Å². The van der Waals surface area contributed by atoms with Crippen LogP contribution in [0.25, 0.3) is 0 Å². The zero-order valence-electron chi connectivity index (χ0n) is 7.99. The van der Waals surface area contributed by atoms with E-state index in [-0.39, 0.29) is 6.04 Å². The van der Waals surface area contributed by atoms with E-state index in [2.05, 4.69) is 5.32 Å². The molecular formula is C11H14NOP. The quantitative estimate of drug-likeness (QED) is 0.756.